The van der Waals surface area contributed by atoms with Gasteiger partial charge in [0.1, 0.15) is 5.54 Å². The van der Waals surface area contributed by atoms with Crippen molar-refractivity contribution in [1.29, 1.82) is 0 Å². The van der Waals surface area contributed by atoms with Crippen molar-refractivity contribution < 1.29 is 9.59 Å². The Morgan fingerprint density at radius 3 is 2.33 bits per heavy atom. The third-order valence-electron chi connectivity index (χ3n) is 8.16. The van der Waals surface area contributed by atoms with E-state index in [1.807, 2.05) is 55.6 Å². The van der Waals surface area contributed by atoms with Crippen LogP contribution in [0.15, 0.2) is 72.9 Å². The zero-order valence-corrected chi connectivity index (χ0v) is 24.1. The minimum Gasteiger partial charge on any atom is -0.361 e. The highest BCUT2D eigenvalue weighted by Gasteiger charge is 2.38. The smallest absolute Gasteiger partial charge is 0.320 e. The van der Waals surface area contributed by atoms with Crippen molar-refractivity contribution in [3.8, 4) is 0 Å². The largest absolute Gasteiger partial charge is 0.361 e. The molecule has 6 nitrogen and oxygen atoms in total. The highest BCUT2D eigenvalue weighted by atomic mass is 16.2. The van der Waals surface area contributed by atoms with Crippen LogP contribution in [0.5, 0.6) is 0 Å². The standard InChI is InChI=1S/C34H40N4O2/c1-21(2)25-14-10-15-26(22(3)4)31(25)37-33(40)38-34(5,19-24-20-35-29-16-9-8-13-28(24)29)32(39)36-30-18-17-23-11-6-7-12-27(23)30/h6-16,20-22,30,35H,17-19H2,1-5H3,(H,36,39)(H2,37,38,40). The fourth-order valence-electron chi connectivity index (χ4n) is 5.96. The number of fused-ring (bicyclic) bond motifs is 2. The first-order valence-corrected chi connectivity index (χ1v) is 14.3. The number of aromatic nitrogens is 1. The highest BCUT2D eigenvalue weighted by Crippen LogP contribution is 2.34. The lowest BCUT2D eigenvalue weighted by atomic mass is 9.90. The number of rotatable bonds is 8. The van der Waals surface area contributed by atoms with Gasteiger partial charge in [0.2, 0.25) is 5.91 Å². The number of nitrogens with one attached hydrogen (secondary N) is 4. The third-order valence-corrected chi connectivity index (χ3v) is 8.16. The van der Waals surface area contributed by atoms with E-state index in [0.717, 1.165) is 51.7 Å². The zero-order chi connectivity index (χ0) is 28.4. The quantitative estimate of drug-likeness (QED) is 0.190. The third kappa shape index (κ3) is 5.48. The summed E-state index contributed by atoms with van der Waals surface area (Å²) in [6, 6.07) is 22.0. The summed E-state index contributed by atoms with van der Waals surface area (Å²) in [6.45, 7) is 10.3. The first kappa shape index (κ1) is 27.5. The molecule has 0 spiro atoms. The second-order valence-electron chi connectivity index (χ2n) is 11.8. The molecule has 208 valence electrons. The number of urea groups is 1. The molecule has 40 heavy (non-hydrogen) atoms. The molecule has 0 bridgehead atoms. The Morgan fingerprint density at radius 2 is 1.60 bits per heavy atom. The Morgan fingerprint density at radius 1 is 0.925 bits per heavy atom. The normalized spacial score (nSPS) is 16.1. The van der Waals surface area contributed by atoms with Gasteiger partial charge in [0.15, 0.2) is 0 Å². The molecule has 3 amide bonds. The summed E-state index contributed by atoms with van der Waals surface area (Å²) in [5.74, 6) is 0.269. The van der Waals surface area contributed by atoms with Gasteiger partial charge < -0.3 is 20.9 Å². The van der Waals surface area contributed by atoms with Crippen LogP contribution in [0.4, 0.5) is 10.5 Å². The van der Waals surface area contributed by atoms with Crippen molar-refractivity contribution in [3.05, 3.63) is 101 Å². The number of benzene rings is 3. The van der Waals surface area contributed by atoms with E-state index in [1.54, 1.807) is 0 Å². The number of hydrogen-bond donors (Lipinski definition) is 4. The Kier molecular flexibility index (Phi) is 7.70. The van der Waals surface area contributed by atoms with Crippen LogP contribution in [0.3, 0.4) is 0 Å². The molecule has 4 N–H and O–H groups in total. The fourth-order valence-corrected chi connectivity index (χ4v) is 5.96. The summed E-state index contributed by atoms with van der Waals surface area (Å²) in [4.78, 5) is 31.1. The fraction of sp³-hybridized carbons (Fsp3) is 0.353. The number of H-pyrrole nitrogens is 1. The molecule has 1 aliphatic rings. The van der Waals surface area contributed by atoms with Gasteiger partial charge in [0.05, 0.1) is 6.04 Å². The van der Waals surface area contributed by atoms with Gasteiger partial charge in [-0.1, -0.05) is 88.4 Å². The van der Waals surface area contributed by atoms with Gasteiger partial charge in [0.25, 0.3) is 0 Å². The molecule has 0 fully saturated rings. The molecule has 2 atom stereocenters. The molecule has 0 aliphatic heterocycles. The summed E-state index contributed by atoms with van der Waals surface area (Å²) in [5, 5.41) is 10.6. The highest BCUT2D eigenvalue weighted by molar-refractivity contribution is 5.97. The number of amides is 3. The Bertz CT molecular complexity index is 1510. The number of para-hydroxylation sites is 2. The zero-order valence-electron chi connectivity index (χ0n) is 24.1. The molecule has 1 heterocycles. The maximum absolute atomic E-state index is 14.1. The van der Waals surface area contributed by atoms with Crippen molar-refractivity contribution in [3.63, 3.8) is 0 Å². The Hall–Kier alpha value is -4.06. The molecule has 0 saturated carbocycles. The molecular formula is C34H40N4O2. The van der Waals surface area contributed by atoms with Crippen LogP contribution in [0.25, 0.3) is 10.9 Å². The van der Waals surface area contributed by atoms with E-state index in [9.17, 15) is 9.59 Å². The molecule has 3 aromatic carbocycles. The lowest BCUT2D eigenvalue weighted by Gasteiger charge is -2.32. The summed E-state index contributed by atoms with van der Waals surface area (Å²) < 4.78 is 0. The van der Waals surface area contributed by atoms with Crippen molar-refractivity contribution in [2.75, 3.05) is 5.32 Å². The maximum atomic E-state index is 14.1. The van der Waals surface area contributed by atoms with E-state index >= 15 is 0 Å². The number of carbonyl (C=O) groups is 2. The second-order valence-corrected chi connectivity index (χ2v) is 11.8. The van der Waals surface area contributed by atoms with Crippen molar-refractivity contribution in [2.45, 2.75) is 77.3 Å². The van der Waals surface area contributed by atoms with Gasteiger partial charge in [-0.15, -0.1) is 0 Å². The second kappa shape index (κ2) is 11.2. The number of aromatic amines is 1. The molecule has 0 saturated heterocycles. The van der Waals surface area contributed by atoms with Gasteiger partial charge in [0, 0.05) is 29.2 Å². The predicted molar refractivity (Wildman–Crippen MR) is 163 cm³/mol. The van der Waals surface area contributed by atoms with Crippen LogP contribution in [0, 0.1) is 0 Å². The number of carbonyl (C=O) groups excluding carboxylic acids is 2. The SMILES string of the molecule is CC(C)c1cccc(C(C)C)c1NC(=O)NC(C)(Cc1c[nH]c2ccccc12)C(=O)NC1CCc2ccccc21. The number of hydrogen-bond acceptors (Lipinski definition) is 2. The lowest BCUT2D eigenvalue weighted by molar-refractivity contribution is -0.127. The van der Waals surface area contributed by atoms with E-state index < -0.39 is 5.54 Å². The van der Waals surface area contributed by atoms with Gasteiger partial charge in [-0.05, 0) is 65.5 Å². The number of anilines is 1. The first-order chi connectivity index (χ1) is 19.2. The number of aryl methyl sites for hydroxylation is 1. The van der Waals surface area contributed by atoms with E-state index in [4.69, 9.17) is 0 Å². The minimum absolute atomic E-state index is 0.0786. The van der Waals surface area contributed by atoms with Gasteiger partial charge in [-0.3, -0.25) is 4.79 Å². The van der Waals surface area contributed by atoms with Crippen LogP contribution in [-0.4, -0.2) is 22.5 Å². The minimum atomic E-state index is -1.20. The van der Waals surface area contributed by atoms with Crippen LogP contribution in [0.2, 0.25) is 0 Å². The molecule has 2 unspecified atom stereocenters. The topological polar surface area (TPSA) is 86.0 Å². The van der Waals surface area contributed by atoms with Crippen molar-refractivity contribution in [2.24, 2.45) is 0 Å². The lowest BCUT2D eigenvalue weighted by Crippen LogP contribution is -2.59. The average Bonchev–Trinajstić information content (AvgIpc) is 3.52. The maximum Gasteiger partial charge on any atom is 0.320 e. The molecule has 1 aliphatic carbocycles. The van der Waals surface area contributed by atoms with Crippen LogP contribution < -0.4 is 16.0 Å². The molecule has 5 rings (SSSR count). The monoisotopic (exact) mass is 536 g/mol. The van der Waals surface area contributed by atoms with Gasteiger partial charge >= 0.3 is 6.03 Å². The molecule has 1 aromatic heterocycles. The van der Waals surface area contributed by atoms with Gasteiger partial charge in [-0.25, -0.2) is 4.79 Å². The Balaban J connectivity index is 1.45. The summed E-state index contributed by atoms with van der Waals surface area (Å²) in [6.07, 6.45) is 4.05. The van der Waals surface area contributed by atoms with Crippen molar-refractivity contribution in [1.82, 2.24) is 15.6 Å². The summed E-state index contributed by atoms with van der Waals surface area (Å²) >= 11 is 0. The van der Waals surface area contributed by atoms with Crippen molar-refractivity contribution >= 4 is 28.5 Å². The summed E-state index contributed by atoms with van der Waals surface area (Å²) in [7, 11) is 0. The predicted octanol–water partition coefficient (Wildman–Crippen LogP) is 7.34. The van der Waals surface area contributed by atoms with Crippen LogP contribution in [0.1, 0.15) is 86.7 Å². The van der Waals surface area contributed by atoms with E-state index in [0.29, 0.717) is 6.42 Å². The molecule has 0 radical (unpaired) electrons. The van der Waals surface area contributed by atoms with Crippen LogP contribution >= 0.6 is 0 Å². The molecule has 6 heteroatoms. The van der Waals surface area contributed by atoms with E-state index in [2.05, 4.69) is 72.9 Å². The molecule has 4 aromatic rings. The van der Waals surface area contributed by atoms with E-state index in [-0.39, 0.29) is 29.8 Å². The van der Waals surface area contributed by atoms with Gasteiger partial charge in [-0.2, -0.15) is 0 Å². The summed E-state index contributed by atoms with van der Waals surface area (Å²) in [5.41, 5.74) is 6.18. The van der Waals surface area contributed by atoms with E-state index in [1.165, 1.54) is 5.56 Å². The first-order valence-electron chi connectivity index (χ1n) is 14.3. The van der Waals surface area contributed by atoms with Crippen LogP contribution in [-0.2, 0) is 17.6 Å². The Labute approximate surface area is 237 Å². The average molecular weight is 537 g/mol. The molecular weight excluding hydrogens is 496 g/mol.